The fourth-order valence-electron chi connectivity index (χ4n) is 2.74. The standard InChI is InChI=1S/C16H21NO4/c1-4-14-12(5-6-21-14)15(18)17-11-7-9(2)10(3)13(8-11)16(19)20/h7-8,12,14H,4-6H2,1-3H3,(H,17,18)(H,19,20). The third-order valence-electron chi connectivity index (χ3n) is 4.11. The molecular formula is C16H21NO4. The Morgan fingerprint density at radius 3 is 2.71 bits per heavy atom. The Morgan fingerprint density at radius 1 is 1.38 bits per heavy atom. The number of benzene rings is 1. The molecule has 114 valence electrons. The van der Waals surface area contributed by atoms with Gasteiger partial charge in [0.2, 0.25) is 5.91 Å². The monoisotopic (exact) mass is 291 g/mol. The molecule has 1 aromatic rings. The number of hydrogen-bond donors (Lipinski definition) is 2. The summed E-state index contributed by atoms with van der Waals surface area (Å²) < 4.78 is 5.52. The number of carbonyl (C=O) groups excluding carboxylic acids is 1. The largest absolute Gasteiger partial charge is 0.478 e. The van der Waals surface area contributed by atoms with Crippen molar-refractivity contribution in [2.45, 2.75) is 39.7 Å². The molecule has 1 aliphatic heterocycles. The molecule has 1 amide bonds. The van der Waals surface area contributed by atoms with E-state index in [1.54, 1.807) is 13.0 Å². The van der Waals surface area contributed by atoms with Crippen molar-refractivity contribution >= 4 is 17.6 Å². The second kappa shape index (κ2) is 6.26. The number of carboxylic acids is 1. The van der Waals surface area contributed by atoms with Crippen LogP contribution in [0.25, 0.3) is 0 Å². The predicted molar refractivity (Wildman–Crippen MR) is 79.6 cm³/mol. The number of amides is 1. The summed E-state index contributed by atoms with van der Waals surface area (Å²) in [5.41, 5.74) is 2.32. The molecule has 2 rings (SSSR count). The van der Waals surface area contributed by atoms with Gasteiger partial charge in [0, 0.05) is 12.3 Å². The quantitative estimate of drug-likeness (QED) is 0.894. The molecule has 0 bridgehead atoms. The average molecular weight is 291 g/mol. The molecule has 0 aliphatic carbocycles. The molecule has 1 fully saturated rings. The molecule has 0 radical (unpaired) electrons. The van der Waals surface area contributed by atoms with Crippen LogP contribution in [0.2, 0.25) is 0 Å². The van der Waals surface area contributed by atoms with Crippen molar-refractivity contribution in [3.63, 3.8) is 0 Å². The van der Waals surface area contributed by atoms with Crippen LogP contribution in [0.4, 0.5) is 5.69 Å². The molecule has 0 spiro atoms. The van der Waals surface area contributed by atoms with E-state index in [4.69, 9.17) is 4.74 Å². The van der Waals surface area contributed by atoms with E-state index >= 15 is 0 Å². The second-order valence-corrected chi connectivity index (χ2v) is 5.47. The summed E-state index contributed by atoms with van der Waals surface area (Å²) in [7, 11) is 0. The van der Waals surface area contributed by atoms with E-state index in [0.29, 0.717) is 18.7 Å². The van der Waals surface area contributed by atoms with Crippen LogP contribution >= 0.6 is 0 Å². The predicted octanol–water partition coefficient (Wildman–Crippen LogP) is 2.76. The summed E-state index contributed by atoms with van der Waals surface area (Å²) in [6.07, 6.45) is 1.46. The van der Waals surface area contributed by atoms with E-state index in [2.05, 4.69) is 5.32 Å². The molecule has 1 heterocycles. The maximum atomic E-state index is 12.3. The van der Waals surface area contributed by atoms with Gasteiger partial charge in [-0.15, -0.1) is 0 Å². The van der Waals surface area contributed by atoms with Gasteiger partial charge in [-0.25, -0.2) is 4.79 Å². The zero-order valence-corrected chi connectivity index (χ0v) is 12.6. The number of rotatable bonds is 4. The van der Waals surface area contributed by atoms with Crippen molar-refractivity contribution in [1.29, 1.82) is 0 Å². The summed E-state index contributed by atoms with van der Waals surface area (Å²) >= 11 is 0. The highest BCUT2D eigenvalue weighted by Gasteiger charge is 2.32. The fourth-order valence-corrected chi connectivity index (χ4v) is 2.74. The summed E-state index contributed by atoms with van der Waals surface area (Å²) in [5, 5.41) is 12.0. The van der Waals surface area contributed by atoms with Crippen molar-refractivity contribution in [2.75, 3.05) is 11.9 Å². The van der Waals surface area contributed by atoms with Gasteiger partial charge in [-0.2, -0.15) is 0 Å². The highest BCUT2D eigenvalue weighted by molar-refractivity contribution is 5.96. The lowest BCUT2D eigenvalue weighted by Crippen LogP contribution is -2.29. The summed E-state index contributed by atoms with van der Waals surface area (Å²) in [5.74, 6) is -1.24. The molecule has 21 heavy (non-hydrogen) atoms. The number of ether oxygens (including phenoxy) is 1. The highest BCUT2D eigenvalue weighted by atomic mass is 16.5. The number of nitrogens with one attached hydrogen (secondary N) is 1. The first-order chi connectivity index (χ1) is 9.93. The number of carboxylic acid groups (broad SMARTS) is 1. The van der Waals surface area contributed by atoms with Gasteiger partial charge >= 0.3 is 5.97 Å². The van der Waals surface area contributed by atoms with Gasteiger partial charge in [0.1, 0.15) is 0 Å². The van der Waals surface area contributed by atoms with Crippen molar-refractivity contribution < 1.29 is 19.4 Å². The summed E-state index contributed by atoms with van der Waals surface area (Å²) in [6, 6.07) is 3.32. The van der Waals surface area contributed by atoms with Gasteiger partial charge in [-0.1, -0.05) is 6.92 Å². The minimum Gasteiger partial charge on any atom is -0.478 e. The fraction of sp³-hybridized carbons (Fsp3) is 0.500. The van der Waals surface area contributed by atoms with Crippen molar-refractivity contribution in [3.8, 4) is 0 Å². The lowest BCUT2D eigenvalue weighted by atomic mass is 9.98. The second-order valence-electron chi connectivity index (χ2n) is 5.47. The van der Waals surface area contributed by atoms with E-state index < -0.39 is 5.97 Å². The minimum atomic E-state index is -0.984. The lowest BCUT2D eigenvalue weighted by molar-refractivity contribution is -0.121. The highest BCUT2D eigenvalue weighted by Crippen LogP contribution is 2.26. The van der Waals surface area contributed by atoms with Gasteiger partial charge < -0.3 is 15.2 Å². The number of carbonyl (C=O) groups is 2. The van der Waals surface area contributed by atoms with Crippen LogP contribution in [0, 0.1) is 19.8 Å². The Balaban J connectivity index is 2.20. The molecule has 1 saturated heterocycles. The molecule has 2 unspecified atom stereocenters. The smallest absolute Gasteiger partial charge is 0.336 e. The van der Waals surface area contributed by atoms with Gasteiger partial charge in [0.25, 0.3) is 0 Å². The third-order valence-corrected chi connectivity index (χ3v) is 4.11. The average Bonchev–Trinajstić information content (AvgIpc) is 2.90. The molecule has 1 aliphatic rings. The maximum absolute atomic E-state index is 12.3. The third kappa shape index (κ3) is 3.24. The van der Waals surface area contributed by atoms with E-state index in [1.165, 1.54) is 6.07 Å². The Bertz CT molecular complexity index is 568. The van der Waals surface area contributed by atoms with E-state index in [1.807, 2.05) is 13.8 Å². The zero-order chi connectivity index (χ0) is 15.6. The number of aryl methyl sites for hydroxylation is 1. The molecule has 5 nitrogen and oxygen atoms in total. The Morgan fingerprint density at radius 2 is 2.10 bits per heavy atom. The van der Waals surface area contributed by atoms with Gasteiger partial charge in [-0.3, -0.25) is 4.79 Å². The van der Waals surface area contributed by atoms with Crippen LogP contribution in [0.15, 0.2) is 12.1 Å². The topological polar surface area (TPSA) is 75.6 Å². The normalized spacial score (nSPS) is 21.3. The van der Waals surface area contributed by atoms with Crippen LogP contribution in [-0.4, -0.2) is 29.7 Å². The SMILES string of the molecule is CCC1OCCC1C(=O)Nc1cc(C)c(C)c(C(=O)O)c1. The summed E-state index contributed by atoms with van der Waals surface area (Å²) in [6.45, 7) is 6.20. The molecule has 0 aromatic heterocycles. The van der Waals surface area contributed by atoms with Gasteiger partial charge in [0.15, 0.2) is 0 Å². The molecule has 2 atom stereocenters. The van der Waals surface area contributed by atoms with Crippen LogP contribution in [0.5, 0.6) is 0 Å². The van der Waals surface area contributed by atoms with Gasteiger partial charge in [0.05, 0.1) is 17.6 Å². The van der Waals surface area contributed by atoms with E-state index in [0.717, 1.165) is 17.5 Å². The maximum Gasteiger partial charge on any atom is 0.336 e. The zero-order valence-electron chi connectivity index (χ0n) is 12.6. The van der Waals surface area contributed by atoms with Crippen molar-refractivity contribution in [3.05, 3.63) is 28.8 Å². The molecule has 5 heteroatoms. The van der Waals surface area contributed by atoms with Gasteiger partial charge in [-0.05, 0) is 49.9 Å². The van der Waals surface area contributed by atoms with Crippen molar-refractivity contribution in [1.82, 2.24) is 0 Å². The first-order valence-corrected chi connectivity index (χ1v) is 7.21. The summed E-state index contributed by atoms with van der Waals surface area (Å²) in [4.78, 5) is 23.6. The Hall–Kier alpha value is -1.88. The first-order valence-electron chi connectivity index (χ1n) is 7.21. The Kier molecular flexibility index (Phi) is 4.63. The molecule has 0 saturated carbocycles. The Labute approximate surface area is 124 Å². The van der Waals surface area contributed by atoms with E-state index in [9.17, 15) is 14.7 Å². The van der Waals surface area contributed by atoms with Crippen LogP contribution in [0.3, 0.4) is 0 Å². The molecule has 2 N–H and O–H groups in total. The minimum absolute atomic E-state index is 0.0458. The van der Waals surface area contributed by atoms with Crippen molar-refractivity contribution in [2.24, 2.45) is 5.92 Å². The van der Waals surface area contributed by atoms with E-state index in [-0.39, 0.29) is 23.5 Å². The number of aromatic carboxylic acids is 1. The van der Waals surface area contributed by atoms with Crippen LogP contribution in [0.1, 0.15) is 41.3 Å². The number of hydrogen-bond acceptors (Lipinski definition) is 3. The van der Waals surface area contributed by atoms with Crippen LogP contribution in [-0.2, 0) is 9.53 Å². The lowest BCUT2D eigenvalue weighted by Gasteiger charge is -2.17. The molecule has 1 aromatic carbocycles. The van der Waals surface area contributed by atoms with Crippen LogP contribution < -0.4 is 5.32 Å². The molecular weight excluding hydrogens is 270 g/mol. The number of anilines is 1. The first kappa shape index (κ1) is 15.5.